The third-order valence-corrected chi connectivity index (χ3v) is 6.14. The summed E-state index contributed by atoms with van der Waals surface area (Å²) in [5.74, 6) is -0.444. The van der Waals surface area contributed by atoms with Gasteiger partial charge in [-0.15, -0.1) is 0 Å². The fourth-order valence-electron chi connectivity index (χ4n) is 3.38. The minimum Gasteiger partial charge on any atom is -0.355 e. The van der Waals surface area contributed by atoms with Crippen LogP contribution in [0.25, 0.3) is 0 Å². The second kappa shape index (κ2) is 6.17. The first-order valence-corrected chi connectivity index (χ1v) is 9.11. The van der Waals surface area contributed by atoms with Crippen LogP contribution in [0.1, 0.15) is 23.2 Å². The molecule has 2 aliphatic heterocycles. The smallest absolute Gasteiger partial charge is 0.261 e. The van der Waals surface area contributed by atoms with Crippen molar-refractivity contribution in [3.63, 3.8) is 0 Å². The van der Waals surface area contributed by atoms with E-state index in [9.17, 15) is 14.4 Å². The summed E-state index contributed by atoms with van der Waals surface area (Å²) in [6.07, 6.45) is 0.817. The van der Waals surface area contributed by atoms with Gasteiger partial charge in [0.2, 0.25) is 5.91 Å². The van der Waals surface area contributed by atoms with Gasteiger partial charge in [0.1, 0.15) is 0 Å². The molecule has 3 amide bonds. The monoisotopic (exact) mass is 367 g/mol. The number of nitrogens with zero attached hydrogens (tertiary/aromatic N) is 1. The molecule has 6 nitrogen and oxygen atoms in total. The molecule has 0 aliphatic carbocycles. The first-order valence-electron chi connectivity index (χ1n) is 8.30. The predicted octanol–water partition coefficient (Wildman–Crippen LogP) is 2.61. The second-order valence-corrected chi connectivity index (χ2v) is 7.51. The lowest BCUT2D eigenvalue weighted by atomic mass is 10.1. The maximum atomic E-state index is 13.1. The molecular formula is C19H17N3O3S. The minimum atomic E-state index is -0.944. The van der Waals surface area contributed by atoms with Gasteiger partial charge in [0.15, 0.2) is 4.87 Å². The molecule has 0 bridgehead atoms. The van der Waals surface area contributed by atoms with Crippen molar-refractivity contribution in [1.82, 2.24) is 5.32 Å². The van der Waals surface area contributed by atoms with Gasteiger partial charge >= 0.3 is 0 Å². The van der Waals surface area contributed by atoms with Gasteiger partial charge in [-0.25, -0.2) is 0 Å². The quantitative estimate of drug-likeness (QED) is 0.874. The van der Waals surface area contributed by atoms with E-state index in [4.69, 9.17) is 0 Å². The highest BCUT2D eigenvalue weighted by Gasteiger charge is 2.57. The number of rotatable bonds is 3. The summed E-state index contributed by atoms with van der Waals surface area (Å²) in [6, 6.07) is 14.3. The molecule has 132 valence electrons. The predicted molar refractivity (Wildman–Crippen MR) is 100 cm³/mol. The molecule has 2 aliphatic rings. The Morgan fingerprint density at radius 3 is 2.58 bits per heavy atom. The number of anilines is 2. The molecule has 4 rings (SSSR count). The van der Waals surface area contributed by atoms with Gasteiger partial charge in [-0.1, -0.05) is 23.9 Å². The van der Waals surface area contributed by atoms with Crippen molar-refractivity contribution in [2.24, 2.45) is 0 Å². The molecule has 0 aromatic heterocycles. The highest BCUT2D eigenvalue weighted by Crippen LogP contribution is 2.55. The summed E-state index contributed by atoms with van der Waals surface area (Å²) in [5.41, 5.74) is 1.90. The van der Waals surface area contributed by atoms with Crippen LogP contribution in [-0.4, -0.2) is 29.6 Å². The maximum Gasteiger partial charge on any atom is 0.261 e. The van der Waals surface area contributed by atoms with Crippen molar-refractivity contribution in [3.8, 4) is 0 Å². The minimum absolute atomic E-state index is 0.0347. The third kappa shape index (κ3) is 2.47. The number of carbonyl (C=O) groups excluding carboxylic acids is 3. The molecule has 1 atom stereocenters. The van der Waals surface area contributed by atoms with Crippen LogP contribution in [0.2, 0.25) is 0 Å². The molecule has 1 saturated heterocycles. The standard InChI is InChI=1S/C19H17N3O3S/c1-20-17(24)12-6-8-13(9-7-12)21-18(25)19-11-10-16(23)22(19)14-4-2-3-5-15(14)26-19/h2-9H,10-11H2,1H3,(H,20,24)(H,21,25). The molecule has 1 fully saturated rings. The Labute approximate surface area is 154 Å². The number of thioether (sulfide) groups is 1. The van der Waals surface area contributed by atoms with Crippen molar-refractivity contribution < 1.29 is 14.4 Å². The number of hydrogen-bond acceptors (Lipinski definition) is 4. The normalized spacial score (nSPS) is 20.5. The molecule has 0 saturated carbocycles. The van der Waals surface area contributed by atoms with Crippen LogP contribution in [0.15, 0.2) is 53.4 Å². The number of carbonyl (C=O) groups is 3. The van der Waals surface area contributed by atoms with Gasteiger partial charge in [-0.2, -0.15) is 0 Å². The lowest BCUT2D eigenvalue weighted by Crippen LogP contribution is -2.49. The first-order chi connectivity index (χ1) is 12.5. The van der Waals surface area contributed by atoms with Gasteiger partial charge in [0, 0.05) is 29.6 Å². The molecule has 1 unspecified atom stereocenters. The van der Waals surface area contributed by atoms with Crippen LogP contribution in [0.4, 0.5) is 11.4 Å². The number of amides is 3. The van der Waals surface area contributed by atoms with E-state index in [1.807, 2.05) is 24.3 Å². The number of benzene rings is 2. The van der Waals surface area contributed by atoms with E-state index in [1.165, 1.54) is 11.8 Å². The highest BCUT2D eigenvalue weighted by molar-refractivity contribution is 8.02. The summed E-state index contributed by atoms with van der Waals surface area (Å²) >= 11 is 1.43. The zero-order chi connectivity index (χ0) is 18.3. The summed E-state index contributed by atoms with van der Waals surface area (Å²) < 4.78 is 0. The Bertz CT molecular complexity index is 913. The topological polar surface area (TPSA) is 78.5 Å². The lowest BCUT2D eigenvalue weighted by Gasteiger charge is -2.29. The second-order valence-electron chi connectivity index (χ2n) is 6.19. The zero-order valence-corrected chi connectivity index (χ0v) is 14.9. The molecule has 2 aromatic carbocycles. The van der Waals surface area contributed by atoms with Gasteiger partial charge in [-0.05, 0) is 42.8 Å². The molecule has 0 radical (unpaired) electrons. The van der Waals surface area contributed by atoms with Crippen LogP contribution >= 0.6 is 11.8 Å². The molecule has 0 spiro atoms. The van der Waals surface area contributed by atoms with E-state index in [1.54, 1.807) is 36.2 Å². The summed E-state index contributed by atoms with van der Waals surface area (Å²) in [5, 5.41) is 5.46. The van der Waals surface area contributed by atoms with E-state index < -0.39 is 4.87 Å². The van der Waals surface area contributed by atoms with Crippen LogP contribution in [0.5, 0.6) is 0 Å². The van der Waals surface area contributed by atoms with E-state index >= 15 is 0 Å². The van der Waals surface area contributed by atoms with Crippen LogP contribution in [-0.2, 0) is 9.59 Å². The highest BCUT2D eigenvalue weighted by atomic mass is 32.2. The number of hydrogen-bond donors (Lipinski definition) is 2. The average molecular weight is 367 g/mol. The number of fused-ring (bicyclic) bond motifs is 3. The number of nitrogens with one attached hydrogen (secondary N) is 2. The fourth-order valence-corrected chi connectivity index (χ4v) is 4.79. The maximum absolute atomic E-state index is 13.1. The van der Waals surface area contributed by atoms with Crippen LogP contribution in [0, 0.1) is 0 Å². The van der Waals surface area contributed by atoms with Crippen molar-refractivity contribution in [2.75, 3.05) is 17.3 Å². The van der Waals surface area contributed by atoms with Crippen molar-refractivity contribution in [3.05, 3.63) is 54.1 Å². The van der Waals surface area contributed by atoms with E-state index in [2.05, 4.69) is 10.6 Å². The largest absolute Gasteiger partial charge is 0.355 e. The van der Waals surface area contributed by atoms with Crippen LogP contribution < -0.4 is 15.5 Å². The SMILES string of the molecule is CNC(=O)c1ccc(NC(=O)C23CCC(=O)N2c2ccccc2S3)cc1. The summed E-state index contributed by atoms with van der Waals surface area (Å²) in [7, 11) is 1.57. The van der Waals surface area contributed by atoms with Crippen molar-refractivity contribution in [1.29, 1.82) is 0 Å². The van der Waals surface area contributed by atoms with Crippen molar-refractivity contribution >= 4 is 40.9 Å². The molecule has 2 N–H and O–H groups in total. The van der Waals surface area contributed by atoms with Gasteiger partial charge < -0.3 is 10.6 Å². The first kappa shape index (κ1) is 16.7. The molecule has 2 aromatic rings. The fraction of sp³-hybridized carbons (Fsp3) is 0.211. The molecule has 2 heterocycles. The van der Waals surface area contributed by atoms with E-state index in [0.717, 1.165) is 10.6 Å². The molecule has 26 heavy (non-hydrogen) atoms. The number of para-hydroxylation sites is 1. The zero-order valence-electron chi connectivity index (χ0n) is 14.1. The van der Waals surface area contributed by atoms with Crippen LogP contribution in [0.3, 0.4) is 0 Å². The van der Waals surface area contributed by atoms with Gasteiger partial charge in [-0.3, -0.25) is 19.3 Å². The van der Waals surface area contributed by atoms with E-state index in [-0.39, 0.29) is 17.7 Å². The third-order valence-electron chi connectivity index (χ3n) is 4.66. The van der Waals surface area contributed by atoms with Gasteiger partial charge in [0.05, 0.1) is 5.69 Å². The molecular weight excluding hydrogens is 350 g/mol. The Kier molecular flexibility index (Phi) is 3.96. The molecule has 7 heteroatoms. The Hall–Kier alpha value is -2.80. The average Bonchev–Trinajstić information content (AvgIpc) is 3.17. The lowest BCUT2D eigenvalue weighted by molar-refractivity contribution is -0.121. The van der Waals surface area contributed by atoms with E-state index in [0.29, 0.717) is 24.1 Å². The van der Waals surface area contributed by atoms with Crippen molar-refractivity contribution in [2.45, 2.75) is 22.6 Å². The Morgan fingerprint density at radius 1 is 1.12 bits per heavy atom. The summed E-state index contributed by atoms with van der Waals surface area (Å²) in [4.78, 5) is 38.8. The summed E-state index contributed by atoms with van der Waals surface area (Å²) in [6.45, 7) is 0. The van der Waals surface area contributed by atoms with Gasteiger partial charge in [0.25, 0.3) is 11.8 Å². The Balaban J connectivity index is 1.60. The Morgan fingerprint density at radius 2 is 1.85 bits per heavy atom.